The van der Waals surface area contributed by atoms with Gasteiger partial charge in [-0.1, -0.05) is 6.07 Å². The smallest absolute Gasteiger partial charge is 0.422 e. The molecule has 0 spiro atoms. The molecule has 6 nitrogen and oxygen atoms in total. The quantitative estimate of drug-likeness (QED) is 0.809. The molecule has 134 valence electrons. The number of halogens is 3. The Morgan fingerprint density at radius 1 is 1.12 bits per heavy atom. The topological polar surface area (TPSA) is 92.7 Å². The van der Waals surface area contributed by atoms with Gasteiger partial charge in [0, 0.05) is 5.69 Å². The summed E-state index contributed by atoms with van der Waals surface area (Å²) in [5.41, 5.74) is -0.112. The molecule has 0 aromatic heterocycles. The van der Waals surface area contributed by atoms with E-state index in [0.29, 0.717) is 0 Å². The van der Waals surface area contributed by atoms with E-state index < -0.39 is 28.8 Å². The largest absolute Gasteiger partial charge is 0.484 e. The molecule has 0 bridgehead atoms. The van der Waals surface area contributed by atoms with Crippen LogP contribution in [0.5, 0.6) is 5.75 Å². The van der Waals surface area contributed by atoms with Crippen molar-refractivity contribution >= 4 is 21.7 Å². The van der Waals surface area contributed by atoms with Crippen molar-refractivity contribution in [3.05, 3.63) is 54.1 Å². The molecule has 0 atom stereocenters. The minimum atomic E-state index is -4.48. The van der Waals surface area contributed by atoms with E-state index in [2.05, 4.69) is 9.46 Å². The van der Waals surface area contributed by atoms with Crippen LogP contribution in [0.4, 0.5) is 18.9 Å². The molecule has 2 aromatic rings. The molecule has 0 radical (unpaired) electrons. The second-order valence-corrected chi connectivity index (χ2v) is 6.55. The third-order valence-electron chi connectivity index (χ3n) is 2.90. The lowest BCUT2D eigenvalue weighted by atomic mass is 10.2. The molecular weight excluding hydrogens is 363 g/mol. The molecule has 2 rings (SSSR count). The van der Waals surface area contributed by atoms with Crippen LogP contribution in [-0.2, 0) is 10.0 Å². The van der Waals surface area contributed by atoms with Crippen LogP contribution < -0.4 is 9.46 Å². The van der Waals surface area contributed by atoms with Gasteiger partial charge >= 0.3 is 12.1 Å². The van der Waals surface area contributed by atoms with E-state index in [0.717, 1.165) is 6.07 Å². The lowest BCUT2D eigenvalue weighted by Crippen LogP contribution is -2.19. The van der Waals surface area contributed by atoms with E-state index in [1.54, 1.807) is 0 Å². The first-order chi connectivity index (χ1) is 11.6. The first-order valence-corrected chi connectivity index (χ1v) is 8.21. The van der Waals surface area contributed by atoms with Gasteiger partial charge < -0.3 is 9.84 Å². The predicted octanol–water partition coefficient (Wildman–Crippen LogP) is 3.13. The Morgan fingerprint density at radius 3 is 2.32 bits per heavy atom. The Kier molecular flexibility index (Phi) is 5.21. The molecule has 0 heterocycles. The Labute approximate surface area is 140 Å². The molecule has 2 N–H and O–H groups in total. The standard InChI is InChI=1S/C15H12F3NO5S/c16-15(17,18)9-24-12-6-4-11(5-7-12)19-25(22,23)13-3-1-2-10(8-13)14(20)21/h1-8,19H,9H2,(H,20,21). The zero-order valence-electron chi connectivity index (χ0n) is 12.4. The molecule has 0 aliphatic rings. The van der Waals surface area contributed by atoms with Crippen molar-refractivity contribution in [1.29, 1.82) is 0 Å². The summed E-state index contributed by atoms with van der Waals surface area (Å²) in [5, 5.41) is 8.89. The van der Waals surface area contributed by atoms with Crippen LogP contribution >= 0.6 is 0 Å². The van der Waals surface area contributed by atoms with E-state index >= 15 is 0 Å². The molecule has 0 aliphatic heterocycles. The second-order valence-electron chi connectivity index (χ2n) is 4.87. The van der Waals surface area contributed by atoms with Gasteiger partial charge in [0.15, 0.2) is 6.61 Å². The predicted molar refractivity (Wildman–Crippen MR) is 82.2 cm³/mol. The minimum Gasteiger partial charge on any atom is -0.484 e. The van der Waals surface area contributed by atoms with Crippen molar-refractivity contribution in [1.82, 2.24) is 0 Å². The molecule has 0 saturated heterocycles. The molecular formula is C15H12F3NO5S. The summed E-state index contributed by atoms with van der Waals surface area (Å²) in [6.45, 7) is -1.46. The van der Waals surface area contributed by atoms with E-state index in [9.17, 15) is 26.4 Å². The molecule has 0 fully saturated rings. The molecule has 10 heteroatoms. The van der Waals surface area contributed by atoms with Gasteiger partial charge in [-0.25, -0.2) is 13.2 Å². The number of benzene rings is 2. The number of aromatic carboxylic acids is 1. The number of hydrogen-bond acceptors (Lipinski definition) is 4. The van der Waals surface area contributed by atoms with E-state index in [-0.39, 0.29) is 21.9 Å². The lowest BCUT2D eigenvalue weighted by molar-refractivity contribution is -0.153. The molecule has 0 aliphatic carbocycles. The Hall–Kier alpha value is -2.75. The zero-order chi connectivity index (χ0) is 18.7. The fourth-order valence-corrected chi connectivity index (χ4v) is 2.90. The number of alkyl halides is 3. The van der Waals surface area contributed by atoms with Gasteiger partial charge in [0.05, 0.1) is 10.5 Å². The van der Waals surface area contributed by atoms with Gasteiger partial charge in [-0.3, -0.25) is 4.72 Å². The maximum absolute atomic E-state index is 12.2. The third-order valence-corrected chi connectivity index (χ3v) is 4.28. The summed E-state index contributed by atoms with van der Waals surface area (Å²) in [5.74, 6) is -1.35. The van der Waals surface area contributed by atoms with Crippen LogP contribution in [0.15, 0.2) is 53.4 Å². The Bertz CT molecular complexity index is 863. The van der Waals surface area contributed by atoms with E-state index in [1.165, 1.54) is 42.5 Å². The maximum Gasteiger partial charge on any atom is 0.422 e. The van der Waals surface area contributed by atoms with Gasteiger partial charge in [-0.15, -0.1) is 0 Å². The van der Waals surface area contributed by atoms with Crippen molar-refractivity contribution in [2.24, 2.45) is 0 Å². The molecule has 0 amide bonds. The minimum absolute atomic E-state index is 0.0758. The first-order valence-electron chi connectivity index (χ1n) is 6.73. The van der Waals surface area contributed by atoms with Crippen molar-refractivity contribution in [2.45, 2.75) is 11.1 Å². The molecule has 0 unspecified atom stereocenters. The highest BCUT2D eigenvalue weighted by Gasteiger charge is 2.28. The average Bonchev–Trinajstić information content (AvgIpc) is 2.53. The SMILES string of the molecule is O=C(O)c1cccc(S(=O)(=O)Nc2ccc(OCC(F)(F)F)cc2)c1. The van der Waals surface area contributed by atoms with Crippen LogP contribution in [0.3, 0.4) is 0 Å². The van der Waals surface area contributed by atoms with E-state index in [1.807, 2.05) is 0 Å². The van der Waals surface area contributed by atoms with Crippen LogP contribution in [0.2, 0.25) is 0 Å². The third kappa shape index (κ3) is 5.38. The normalized spacial score (nSPS) is 11.8. The van der Waals surface area contributed by atoms with Crippen molar-refractivity contribution in [3.8, 4) is 5.75 Å². The number of sulfonamides is 1. The van der Waals surface area contributed by atoms with Crippen molar-refractivity contribution < 1.29 is 36.2 Å². The molecule has 0 saturated carbocycles. The summed E-state index contributed by atoms with van der Waals surface area (Å²) < 4.78 is 67.4. The summed E-state index contributed by atoms with van der Waals surface area (Å²) >= 11 is 0. The highest BCUT2D eigenvalue weighted by Crippen LogP contribution is 2.22. The second kappa shape index (κ2) is 7.01. The number of nitrogens with one attached hydrogen (secondary N) is 1. The monoisotopic (exact) mass is 375 g/mol. The summed E-state index contributed by atoms with van der Waals surface area (Å²) in [4.78, 5) is 10.6. The highest BCUT2D eigenvalue weighted by molar-refractivity contribution is 7.92. The van der Waals surface area contributed by atoms with Gasteiger partial charge in [0.1, 0.15) is 5.75 Å². The highest BCUT2D eigenvalue weighted by atomic mass is 32.2. The Morgan fingerprint density at radius 2 is 1.76 bits per heavy atom. The Balaban J connectivity index is 2.13. The number of ether oxygens (including phenoxy) is 1. The summed E-state index contributed by atoms with van der Waals surface area (Å²) in [7, 11) is -4.05. The number of carboxylic acid groups (broad SMARTS) is 1. The van der Waals surface area contributed by atoms with Crippen LogP contribution in [0.25, 0.3) is 0 Å². The van der Waals surface area contributed by atoms with Gasteiger partial charge in [-0.05, 0) is 42.5 Å². The van der Waals surface area contributed by atoms with Crippen LogP contribution in [0.1, 0.15) is 10.4 Å². The number of anilines is 1. The van der Waals surface area contributed by atoms with E-state index in [4.69, 9.17) is 5.11 Å². The van der Waals surface area contributed by atoms with Crippen LogP contribution in [0, 0.1) is 0 Å². The zero-order valence-corrected chi connectivity index (χ0v) is 13.3. The number of carboxylic acids is 1. The lowest BCUT2D eigenvalue weighted by Gasteiger charge is -2.11. The van der Waals surface area contributed by atoms with Gasteiger partial charge in [0.2, 0.25) is 0 Å². The molecule has 25 heavy (non-hydrogen) atoms. The average molecular weight is 375 g/mol. The van der Waals surface area contributed by atoms with Gasteiger partial charge in [-0.2, -0.15) is 13.2 Å². The summed E-state index contributed by atoms with van der Waals surface area (Å²) in [6, 6.07) is 9.55. The number of carbonyl (C=O) groups is 1. The van der Waals surface area contributed by atoms with Crippen molar-refractivity contribution in [2.75, 3.05) is 11.3 Å². The van der Waals surface area contributed by atoms with Crippen LogP contribution in [-0.4, -0.2) is 32.3 Å². The van der Waals surface area contributed by atoms with Crippen molar-refractivity contribution in [3.63, 3.8) is 0 Å². The molecule has 2 aromatic carbocycles. The number of rotatable bonds is 6. The number of hydrogen-bond donors (Lipinski definition) is 2. The fourth-order valence-electron chi connectivity index (χ4n) is 1.79. The summed E-state index contributed by atoms with van der Waals surface area (Å²) in [6.07, 6.45) is -4.48. The first kappa shape index (κ1) is 18.6. The fraction of sp³-hybridized carbons (Fsp3) is 0.133. The van der Waals surface area contributed by atoms with Gasteiger partial charge in [0.25, 0.3) is 10.0 Å². The maximum atomic E-state index is 12.2.